The number of hydrogen-bond acceptors (Lipinski definition) is 5. The van der Waals surface area contributed by atoms with E-state index in [1.807, 2.05) is 0 Å². The average molecular weight is 373 g/mol. The molecular weight excluding hydrogens is 355 g/mol. The molecule has 2 rings (SSSR count). The number of aromatic carboxylic acids is 1. The zero-order chi connectivity index (χ0) is 19.5. The summed E-state index contributed by atoms with van der Waals surface area (Å²) in [6, 6.07) is 0.225. The van der Waals surface area contributed by atoms with E-state index in [-0.39, 0.29) is 6.07 Å². The van der Waals surface area contributed by atoms with Crippen molar-refractivity contribution in [3.05, 3.63) is 40.1 Å². The van der Waals surface area contributed by atoms with Gasteiger partial charge in [-0.25, -0.2) is 9.78 Å². The molecule has 1 aromatic heterocycles. The number of hydrogen-bond donors (Lipinski definition) is 2. The van der Waals surface area contributed by atoms with E-state index in [2.05, 4.69) is 16.9 Å². The topological polar surface area (TPSA) is 105 Å². The van der Waals surface area contributed by atoms with Gasteiger partial charge in [-0.3, -0.25) is 10.1 Å². The van der Waals surface area contributed by atoms with Gasteiger partial charge in [0.15, 0.2) is 0 Å². The normalized spacial score (nSPS) is 16.7. The summed E-state index contributed by atoms with van der Waals surface area (Å²) in [5.41, 5.74) is -4.33. The Morgan fingerprint density at radius 1 is 1.42 bits per heavy atom. The number of carbonyl (C=O) groups is 1. The van der Waals surface area contributed by atoms with Crippen molar-refractivity contribution in [1.82, 2.24) is 4.98 Å². The molecule has 0 spiro atoms. The molecule has 1 aliphatic carbocycles. The van der Waals surface area contributed by atoms with Gasteiger partial charge in [-0.05, 0) is 19.3 Å². The van der Waals surface area contributed by atoms with Crippen LogP contribution in [0.1, 0.15) is 54.6 Å². The molecule has 1 fully saturated rings. The molecule has 1 saturated carbocycles. The number of halogens is 3. The van der Waals surface area contributed by atoms with Crippen molar-refractivity contribution in [1.29, 1.82) is 0 Å². The van der Waals surface area contributed by atoms with Crippen molar-refractivity contribution in [2.45, 2.75) is 50.2 Å². The highest BCUT2D eigenvalue weighted by Gasteiger charge is 2.41. The molecule has 0 unspecified atom stereocenters. The van der Waals surface area contributed by atoms with Crippen LogP contribution in [0.2, 0.25) is 0 Å². The standard InChI is InChI=1S/C16H18F3N3O4/c1-2-6-15(7-4-3-5-8-15)21-13-10(16(17,18)19)9-11(22(25)26)12(20-13)14(23)24/h2,9H,1,3-8H2,(H,20,21)(H,23,24). The maximum atomic E-state index is 13.4. The van der Waals surface area contributed by atoms with Crippen molar-refractivity contribution in [2.24, 2.45) is 0 Å². The van der Waals surface area contributed by atoms with E-state index in [4.69, 9.17) is 5.11 Å². The van der Waals surface area contributed by atoms with Crippen molar-refractivity contribution < 1.29 is 28.0 Å². The summed E-state index contributed by atoms with van der Waals surface area (Å²) >= 11 is 0. The van der Waals surface area contributed by atoms with Crippen molar-refractivity contribution in [2.75, 3.05) is 5.32 Å². The van der Waals surface area contributed by atoms with Gasteiger partial charge in [-0.1, -0.05) is 25.3 Å². The highest BCUT2D eigenvalue weighted by molar-refractivity contribution is 5.91. The summed E-state index contributed by atoms with van der Waals surface area (Å²) in [5, 5.41) is 22.8. The molecule has 1 aliphatic rings. The fraction of sp³-hybridized carbons (Fsp3) is 0.500. The lowest BCUT2D eigenvalue weighted by atomic mass is 9.79. The van der Waals surface area contributed by atoms with Crippen LogP contribution in [0, 0.1) is 10.1 Å². The molecule has 2 N–H and O–H groups in total. The zero-order valence-electron chi connectivity index (χ0n) is 13.8. The predicted octanol–water partition coefficient (Wildman–Crippen LogP) is 4.40. The number of carboxylic acid groups (broad SMARTS) is 1. The predicted molar refractivity (Wildman–Crippen MR) is 87.1 cm³/mol. The lowest BCUT2D eigenvalue weighted by Crippen LogP contribution is -2.41. The first-order valence-electron chi connectivity index (χ1n) is 7.99. The first-order valence-corrected chi connectivity index (χ1v) is 7.99. The van der Waals surface area contributed by atoms with E-state index in [9.17, 15) is 28.1 Å². The molecule has 0 aromatic carbocycles. The van der Waals surface area contributed by atoms with E-state index in [1.54, 1.807) is 6.08 Å². The summed E-state index contributed by atoms with van der Waals surface area (Å²) in [6.45, 7) is 3.63. The van der Waals surface area contributed by atoms with Crippen LogP contribution < -0.4 is 5.32 Å². The second-order valence-electron chi connectivity index (χ2n) is 6.27. The number of nitrogens with one attached hydrogen (secondary N) is 1. The quantitative estimate of drug-likeness (QED) is 0.435. The van der Waals surface area contributed by atoms with Crippen LogP contribution in [-0.2, 0) is 6.18 Å². The second-order valence-corrected chi connectivity index (χ2v) is 6.27. The average Bonchev–Trinajstić information content (AvgIpc) is 2.54. The first-order chi connectivity index (χ1) is 12.1. The molecule has 0 aliphatic heterocycles. The van der Waals surface area contributed by atoms with Gasteiger partial charge in [0.2, 0.25) is 5.69 Å². The Kier molecular flexibility index (Phi) is 5.53. The Labute approximate surface area is 147 Å². The maximum Gasteiger partial charge on any atom is 0.420 e. The summed E-state index contributed by atoms with van der Waals surface area (Å²) in [4.78, 5) is 24.5. The number of carboxylic acids is 1. The number of anilines is 1. The lowest BCUT2D eigenvalue weighted by Gasteiger charge is -2.38. The van der Waals surface area contributed by atoms with Crippen LogP contribution in [0.5, 0.6) is 0 Å². The number of nitrogens with zero attached hydrogens (tertiary/aromatic N) is 2. The first kappa shape index (κ1) is 19.7. The molecule has 0 radical (unpaired) electrons. The van der Waals surface area contributed by atoms with Crippen LogP contribution in [0.25, 0.3) is 0 Å². The van der Waals surface area contributed by atoms with Gasteiger partial charge in [0.05, 0.1) is 4.92 Å². The van der Waals surface area contributed by atoms with Gasteiger partial charge < -0.3 is 10.4 Å². The molecule has 142 valence electrons. The van der Waals surface area contributed by atoms with Gasteiger partial charge in [0.25, 0.3) is 0 Å². The van der Waals surface area contributed by atoms with E-state index >= 15 is 0 Å². The number of rotatable bonds is 6. The largest absolute Gasteiger partial charge is 0.476 e. The van der Waals surface area contributed by atoms with Crippen LogP contribution in [0.15, 0.2) is 18.7 Å². The van der Waals surface area contributed by atoms with E-state index < -0.39 is 45.4 Å². The van der Waals surface area contributed by atoms with Crippen LogP contribution >= 0.6 is 0 Å². The minimum atomic E-state index is -4.93. The summed E-state index contributed by atoms with van der Waals surface area (Å²) < 4.78 is 40.3. The molecule has 7 nitrogen and oxygen atoms in total. The van der Waals surface area contributed by atoms with Gasteiger partial charge in [0, 0.05) is 11.6 Å². The molecule has 0 atom stereocenters. The highest BCUT2D eigenvalue weighted by atomic mass is 19.4. The maximum absolute atomic E-state index is 13.4. The number of pyridine rings is 1. The Morgan fingerprint density at radius 2 is 2.04 bits per heavy atom. The van der Waals surface area contributed by atoms with Crippen LogP contribution in [0.4, 0.5) is 24.7 Å². The number of nitro groups is 1. The van der Waals surface area contributed by atoms with Gasteiger partial charge in [-0.2, -0.15) is 13.2 Å². The fourth-order valence-electron chi connectivity index (χ4n) is 3.25. The van der Waals surface area contributed by atoms with Crippen molar-refractivity contribution >= 4 is 17.5 Å². The minimum absolute atomic E-state index is 0.225. The third-order valence-electron chi connectivity index (χ3n) is 4.44. The smallest absolute Gasteiger partial charge is 0.420 e. The van der Waals surface area contributed by atoms with Gasteiger partial charge >= 0.3 is 17.8 Å². The third-order valence-corrected chi connectivity index (χ3v) is 4.44. The molecule has 0 saturated heterocycles. The van der Waals surface area contributed by atoms with Crippen LogP contribution in [-0.4, -0.2) is 26.5 Å². The molecule has 0 bridgehead atoms. The lowest BCUT2D eigenvalue weighted by molar-refractivity contribution is -0.385. The highest BCUT2D eigenvalue weighted by Crippen LogP contribution is 2.41. The van der Waals surface area contributed by atoms with E-state index in [0.29, 0.717) is 19.3 Å². The van der Waals surface area contributed by atoms with Gasteiger partial charge in [-0.15, -0.1) is 6.58 Å². The molecule has 1 heterocycles. The number of aromatic nitrogens is 1. The van der Waals surface area contributed by atoms with E-state index in [1.165, 1.54) is 0 Å². The SMILES string of the molecule is C=CCC1(Nc2nc(C(=O)O)c([N+](=O)[O-])cc2C(F)(F)F)CCCCC1. The Balaban J connectivity index is 2.61. The van der Waals surface area contributed by atoms with Crippen molar-refractivity contribution in [3.63, 3.8) is 0 Å². The Bertz CT molecular complexity index is 728. The molecule has 26 heavy (non-hydrogen) atoms. The fourth-order valence-corrected chi connectivity index (χ4v) is 3.25. The molecule has 0 amide bonds. The molecule has 1 aromatic rings. The zero-order valence-corrected chi connectivity index (χ0v) is 13.8. The van der Waals surface area contributed by atoms with E-state index in [0.717, 1.165) is 19.3 Å². The number of alkyl halides is 3. The Morgan fingerprint density at radius 3 is 2.50 bits per heavy atom. The summed E-state index contributed by atoms with van der Waals surface area (Å²) in [6.07, 6.45) is 0.680. The second kappa shape index (κ2) is 7.30. The molecule has 10 heteroatoms. The summed E-state index contributed by atoms with van der Waals surface area (Å²) in [5.74, 6) is -2.47. The summed E-state index contributed by atoms with van der Waals surface area (Å²) in [7, 11) is 0. The van der Waals surface area contributed by atoms with Gasteiger partial charge in [0.1, 0.15) is 11.4 Å². The molecular formula is C16H18F3N3O4. The minimum Gasteiger partial charge on any atom is -0.476 e. The third kappa shape index (κ3) is 4.12. The Hall–Kier alpha value is -2.65. The monoisotopic (exact) mass is 373 g/mol. The van der Waals surface area contributed by atoms with Crippen LogP contribution in [0.3, 0.4) is 0 Å². The van der Waals surface area contributed by atoms with Crippen molar-refractivity contribution in [3.8, 4) is 0 Å².